The number of fused-ring (bicyclic) bond motifs is 2. The van der Waals surface area contributed by atoms with Gasteiger partial charge in [-0.05, 0) is 56.8 Å². The number of aryl methyl sites for hydroxylation is 1. The summed E-state index contributed by atoms with van der Waals surface area (Å²) in [5, 5.41) is 3.54. The molecule has 2 fully saturated rings. The van der Waals surface area contributed by atoms with Gasteiger partial charge in [0.15, 0.2) is 0 Å². The van der Waals surface area contributed by atoms with Gasteiger partial charge in [-0.3, -0.25) is 4.90 Å². The Hall–Kier alpha value is -1.49. The number of rotatable bonds is 3. The second-order valence-electron chi connectivity index (χ2n) is 8.32. The summed E-state index contributed by atoms with van der Waals surface area (Å²) in [6.07, 6.45) is 3.86. The number of hydrogen-bond donors (Lipinski definition) is 0. The molecule has 3 heterocycles. The third-order valence-corrected chi connectivity index (χ3v) is 8.14. The van der Waals surface area contributed by atoms with Crippen LogP contribution in [0.15, 0.2) is 58.4 Å². The maximum absolute atomic E-state index is 5.16. The van der Waals surface area contributed by atoms with Gasteiger partial charge in [-0.25, -0.2) is 4.98 Å². The second kappa shape index (κ2) is 7.40. The molecule has 0 amide bonds. The first kappa shape index (κ1) is 18.5. The summed E-state index contributed by atoms with van der Waals surface area (Å²) < 4.78 is 1.10. The minimum atomic E-state index is 0.484. The van der Waals surface area contributed by atoms with E-state index in [9.17, 15) is 0 Å². The number of likely N-dealkylation sites (N-methyl/N-ethyl adjacent to an activating group) is 1. The molecule has 0 saturated carbocycles. The molecule has 4 unspecified atom stereocenters. The second-order valence-corrected chi connectivity index (χ2v) is 10.1. The highest BCUT2D eigenvalue weighted by atomic mass is 79.9. The van der Waals surface area contributed by atoms with Crippen LogP contribution in [0.4, 0.5) is 0 Å². The lowest BCUT2D eigenvalue weighted by Gasteiger charge is -2.42. The van der Waals surface area contributed by atoms with Gasteiger partial charge in [0, 0.05) is 33.4 Å². The Balaban J connectivity index is 1.54. The van der Waals surface area contributed by atoms with Gasteiger partial charge in [0.2, 0.25) is 0 Å². The van der Waals surface area contributed by atoms with Crippen molar-refractivity contribution in [1.82, 2.24) is 9.88 Å². The Morgan fingerprint density at radius 3 is 2.71 bits per heavy atom. The predicted molar refractivity (Wildman–Crippen MR) is 121 cm³/mol. The molecule has 28 heavy (non-hydrogen) atoms. The summed E-state index contributed by atoms with van der Waals surface area (Å²) in [4.78, 5) is 7.80. The highest BCUT2D eigenvalue weighted by molar-refractivity contribution is 9.10. The number of benzene rings is 2. The Labute approximate surface area is 179 Å². The van der Waals surface area contributed by atoms with Gasteiger partial charge < -0.3 is 0 Å². The van der Waals surface area contributed by atoms with Gasteiger partial charge in [0.05, 0.1) is 10.7 Å². The van der Waals surface area contributed by atoms with Gasteiger partial charge in [0.25, 0.3) is 0 Å². The van der Waals surface area contributed by atoms with Crippen molar-refractivity contribution in [3.05, 3.63) is 74.5 Å². The molecule has 4 atom stereocenters. The van der Waals surface area contributed by atoms with E-state index >= 15 is 0 Å². The zero-order valence-electron chi connectivity index (χ0n) is 16.3. The summed E-state index contributed by atoms with van der Waals surface area (Å²) in [6.45, 7) is 2.17. The summed E-state index contributed by atoms with van der Waals surface area (Å²) in [5.41, 5.74) is 5.12. The molecule has 0 spiro atoms. The van der Waals surface area contributed by atoms with E-state index in [2.05, 4.69) is 88.7 Å². The van der Waals surface area contributed by atoms with E-state index < -0.39 is 0 Å². The highest BCUT2D eigenvalue weighted by Crippen LogP contribution is 2.51. The van der Waals surface area contributed by atoms with E-state index in [0.29, 0.717) is 17.9 Å². The monoisotopic (exact) mass is 452 g/mol. The van der Waals surface area contributed by atoms with Gasteiger partial charge in [-0.15, -0.1) is 11.3 Å². The number of thiazole rings is 1. The molecular formula is C24H25BrN2S. The van der Waals surface area contributed by atoms with Crippen molar-refractivity contribution in [1.29, 1.82) is 0 Å². The molecule has 1 aromatic heterocycles. The van der Waals surface area contributed by atoms with Crippen molar-refractivity contribution >= 4 is 27.3 Å². The fraction of sp³-hybridized carbons (Fsp3) is 0.375. The van der Waals surface area contributed by atoms with Gasteiger partial charge in [-0.2, -0.15) is 0 Å². The highest BCUT2D eigenvalue weighted by Gasteiger charge is 2.47. The number of nitrogens with zero attached hydrogens (tertiary/aromatic N) is 2. The molecule has 0 radical (unpaired) electrons. The maximum Gasteiger partial charge on any atom is 0.0985 e. The van der Waals surface area contributed by atoms with Crippen LogP contribution in [0, 0.1) is 6.92 Å². The van der Waals surface area contributed by atoms with Crippen LogP contribution < -0.4 is 0 Å². The van der Waals surface area contributed by atoms with Crippen LogP contribution >= 0.6 is 27.3 Å². The van der Waals surface area contributed by atoms with E-state index in [-0.39, 0.29) is 0 Å². The van der Waals surface area contributed by atoms with Crippen LogP contribution in [0.25, 0.3) is 11.3 Å². The zero-order valence-corrected chi connectivity index (χ0v) is 18.7. The van der Waals surface area contributed by atoms with Crippen molar-refractivity contribution in [3.8, 4) is 11.3 Å². The summed E-state index contributed by atoms with van der Waals surface area (Å²) >= 11 is 5.44. The first-order valence-corrected chi connectivity index (χ1v) is 11.8. The molecule has 144 valence electrons. The largest absolute Gasteiger partial charge is 0.300 e. The van der Waals surface area contributed by atoms with E-state index in [1.807, 2.05) is 11.3 Å². The first-order chi connectivity index (χ1) is 13.6. The molecule has 5 rings (SSSR count). The Bertz CT molecular complexity index is 980. The van der Waals surface area contributed by atoms with E-state index in [0.717, 1.165) is 16.2 Å². The summed E-state index contributed by atoms with van der Waals surface area (Å²) in [7, 11) is 2.32. The Morgan fingerprint density at radius 2 is 1.93 bits per heavy atom. The normalized spacial score (nSPS) is 27.2. The van der Waals surface area contributed by atoms with Crippen LogP contribution in [0.1, 0.15) is 47.2 Å². The molecule has 2 aliphatic rings. The van der Waals surface area contributed by atoms with Crippen molar-refractivity contribution < 1.29 is 0 Å². The lowest BCUT2D eigenvalue weighted by atomic mass is 9.76. The molecule has 2 aromatic carbocycles. The fourth-order valence-electron chi connectivity index (χ4n) is 5.18. The molecule has 0 N–H and O–H groups in total. The topological polar surface area (TPSA) is 16.1 Å². The first-order valence-electron chi connectivity index (χ1n) is 10.1. The number of hydrogen-bond acceptors (Lipinski definition) is 3. The zero-order chi connectivity index (χ0) is 19.3. The molecule has 3 aromatic rings. The van der Waals surface area contributed by atoms with Gasteiger partial charge in [0.1, 0.15) is 0 Å². The van der Waals surface area contributed by atoms with Crippen molar-refractivity contribution in [2.45, 2.75) is 50.1 Å². The summed E-state index contributed by atoms with van der Waals surface area (Å²) in [5.74, 6) is 1.05. The molecule has 2 aliphatic heterocycles. The van der Waals surface area contributed by atoms with E-state index in [1.165, 1.54) is 41.0 Å². The standard InChI is InChI=1S/C24H25BrN2S/c1-15-6-8-16(9-7-15)20-13-19-10-11-22(27(19)2)23(20)24-26-21(14-28-24)17-4-3-5-18(25)12-17/h3-9,12,14,19-20,22-23H,10-11,13H2,1-2H3. The average Bonchev–Trinajstić information content (AvgIpc) is 3.26. The van der Waals surface area contributed by atoms with Crippen LogP contribution in [0.2, 0.25) is 0 Å². The number of halogens is 1. The van der Waals surface area contributed by atoms with Gasteiger partial charge >= 0.3 is 0 Å². The number of aromatic nitrogens is 1. The quantitative estimate of drug-likeness (QED) is 0.443. The lowest BCUT2D eigenvalue weighted by molar-refractivity contribution is 0.137. The van der Waals surface area contributed by atoms with Crippen LogP contribution in [-0.2, 0) is 0 Å². The SMILES string of the molecule is Cc1ccc(C2CC3CCC(C2c2nc(-c4cccc(Br)c4)cs2)N3C)cc1. The van der Waals surface area contributed by atoms with Crippen LogP contribution in [-0.4, -0.2) is 29.0 Å². The maximum atomic E-state index is 5.16. The van der Waals surface area contributed by atoms with E-state index in [1.54, 1.807) is 0 Å². The minimum Gasteiger partial charge on any atom is -0.300 e. The molecule has 2 bridgehead atoms. The number of piperidine rings is 1. The smallest absolute Gasteiger partial charge is 0.0985 e. The van der Waals surface area contributed by atoms with Crippen molar-refractivity contribution in [2.24, 2.45) is 0 Å². The molecular weight excluding hydrogens is 428 g/mol. The van der Waals surface area contributed by atoms with Crippen LogP contribution in [0.3, 0.4) is 0 Å². The van der Waals surface area contributed by atoms with E-state index in [4.69, 9.17) is 4.98 Å². The van der Waals surface area contributed by atoms with Crippen molar-refractivity contribution in [2.75, 3.05) is 7.05 Å². The fourth-order valence-corrected chi connectivity index (χ4v) is 6.63. The predicted octanol–water partition coefficient (Wildman–Crippen LogP) is 6.61. The average molecular weight is 453 g/mol. The molecule has 0 aliphatic carbocycles. The summed E-state index contributed by atoms with van der Waals surface area (Å²) in [6, 6.07) is 19.0. The lowest BCUT2D eigenvalue weighted by Crippen LogP contribution is -2.44. The Kier molecular flexibility index (Phi) is 4.90. The van der Waals surface area contributed by atoms with Crippen molar-refractivity contribution in [3.63, 3.8) is 0 Å². The third kappa shape index (κ3) is 3.26. The van der Waals surface area contributed by atoms with Gasteiger partial charge in [-0.1, -0.05) is 57.9 Å². The molecule has 2 saturated heterocycles. The molecule has 2 nitrogen and oxygen atoms in total. The van der Waals surface area contributed by atoms with Crippen LogP contribution in [0.5, 0.6) is 0 Å². The third-order valence-electron chi connectivity index (χ3n) is 6.70. The Morgan fingerprint density at radius 1 is 1.11 bits per heavy atom. The molecule has 4 heteroatoms. The minimum absolute atomic E-state index is 0.484.